The third-order valence-electron chi connectivity index (χ3n) is 10.4. The average Bonchev–Trinajstić information content (AvgIpc) is 3.13. The number of unbranched alkanes of at least 4 members (excludes halogenated alkanes) is 25. The van der Waals surface area contributed by atoms with Crippen LogP contribution in [0, 0.1) is 0 Å². The van der Waals surface area contributed by atoms with Crippen LogP contribution in [0.2, 0.25) is 0 Å². The maximum atomic E-state index is 12.7. The Labute approximate surface area is 318 Å². The molecule has 6 heteroatoms. The van der Waals surface area contributed by atoms with Gasteiger partial charge in [-0.1, -0.05) is 175 Å². The highest BCUT2D eigenvalue weighted by Gasteiger charge is 2.14. The number of rotatable bonds is 42. The molecule has 0 aromatic heterocycles. The van der Waals surface area contributed by atoms with Crippen LogP contribution in [0.4, 0.5) is 0 Å². The second-order valence-corrected chi connectivity index (χ2v) is 15.5. The Balaban J connectivity index is 4.06. The van der Waals surface area contributed by atoms with Crippen LogP contribution < -0.4 is 0 Å². The molecular weight excluding hydrogens is 634 g/mol. The van der Waals surface area contributed by atoms with Crippen LogP contribution in [0.5, 0.6) is 0 Å². The first-order valence-electron chi connectivity index (χ1n) is 22.8. The van der Waals surface area contributed by atoms with Crippen molar-refractivity contribution in [1.29, 1.82) is 0 Å². The molecule has 0 atom stereocenters. The monoisotopic (exact) mass is 724 g/mol. The molecule has 0 saturated carbocycles. The molecule has 0 aromatic carbocycles. The van der Waals surface area contributed by atoms with E-state index >= 15 is 0 Å². The molecule has 0 aliphatic rings. The topological polar surface area (TPSA) is 76.1 Å². The summed E-state index contributed by atoms with van der Waals surface area (Å²) in [6.45, 7) is 9.95. The fourth-order valence-corrected chi connectivity index (χ4v) is 7.03. The molecule has 0 rings (SSSR count). The molecular formula is C45H89NO5. The maximum Gasteiger partial charge on any atom is 0.307 e. The standard InChI is InChI=1S/C45H89NO5/c1-4-7-10-13-16-17-18-19-20-21-27-32-42-50-44(48)37-40-46(39-33-41-47)38-31-26-22-25-30-36-45(49)51-43(34-28-23-14-11-8-5-2)35-29-24-15-12-9-6-3/h43,47H,4-42H2,1-3H3. The number of ether oxygens (including phenoxy) is 2. The Bertz CT molecular complexity index is 701. The molecule has 0 aromatic rings. The molecule has 0 heterocycles. The summed E-state index contributed by atoms with van der Waals surface area (Å²) in [5.41, 5.74) is 0. The third-order valence-corrected chi connectivity index (χ3v) is 10.4. The highest BCUT2D eigenvalue weighted by Crippen LogP contribution is 2.18. The van der Waals surface area contributed by atoms with Crippen molar-refractivity contribution in [2.24, 2.45) is 0 Å². The Morgan fingerprint density at radius 1 is 0.451 bits per heavy atom. The lowest BCUT2D eigenvalue weighted by atomic mass is 10.0. The minimum Gasteiger partial charge on any atom is -0.466 e. The zero-order valence-electron chi connectivity index (χ0n) is 34.7. The van der Waals surface area contributed by atoms with Crippen molar-refractivity contribution in [1.82, 2.24) is 4.90 Å². The van der Waals surface area contributed by atoms with Crippen molar-refractivity contribution in [3.8, 4) is 0 Å². The number of esters is 2. The van der Waals surface area contributed by atoms with Crippen LogP contribution in [0.3, 0.4) is 0 Å². The highest BCUT2D eigenvalue weighted by molar-refractivity contribution is 5.69. The molecule has 0 bridgehead atoms. The summed E-state index contributed by atoms with van der Waals surface area (Å²) in [4.78, 5) is 27.4. The fourth-order valence-electron chi connectivity index (χ4n) is 7.03. The van der Waals surface area contributed by atoms with E-state index in [4.69, 9.17) is 9.47 Å². The number of carbonyl (C=O) groups is 2. The van der Waals surface area contributed by atoms with Crippen LogP contribution in [-0.4, -0.2) is 60.9 Å². The minimum absolute atomic E-state index is 0.00201. The van der Waals surface area contributed by atoms with Gasteiger partial charge in [-0.25, -0.2) is 0 Å². The van der Waals surface area contributed by atoms with Gasteiger partial charge < -0.3 is 19.5 Å². The predicted octanol–water partition coefficient (Wildman–Crippen LogP) is 13.1. The van der Waals surface area contributed by atoms with Crippen molar-refractivity contribution >= 4 is 11.9 Å². The van der Waals surface area contributed by atoms with Crippen LogP contribution in [0.15, 0.2) is 0 Å². The van der Waals surface area contributed by atoms with E-state index in [0.29, 0.717) is 26.0 Å². The molecule has 0 unspecified atom stereocenters. The quantitative estimate of drug-likeness (QED) is 0.0499. The highest BCUT2D eigenvalue weighted by atomic mass is 16.5. The normalized spacial score (nSPS) is 11.6. The number of hydrogen-bond donors (Lipinski definition) is 1. The molecule has 0 aliphatic carbocycles. The smallest absolute Gasteiger partial charge is 0.307 e. The Morgan fingerprint density at radius 3 is 1.35 bits per heavy atom. The second kappa shape index (κ2) is 41.6. The van der Waals surface area contributed by atoms with Gasteiger partial charge in [0.1, 0.15) is 6.10 Å². The zero-order valence-corrected chi connectivity index (χ0v) is 34.7. The van der Waals surface area contributed by atoms with E-state index < -0.39 is 0 Å². The van der Waals surface area contributed by atoms with Crippen molar-refractivity contribution in [3.05, 3.63) is 0 Å². The SMILES string of the molecule is CCCCCCCCCCCCCCOC(=O)CCN(CCCO)CCCCCCCC(=O)OC(CCCCCCCC)CCCCCCCC. The van der Waals surface area contributed by atoms with E-state index in [-0.39, 0.29) is 24.6 Å². The van der Waals surface area contributed by atoms with Crippen molar-refractivity contribution < 1.29 is 24.2 Å². The van der Waals surface area contributed by atoms with E-state index in [1.807, 2.05) is 0 Å². The first-order chi connectivity index (χ1) is 25.1. The molecule has 304 valence electrons. The van der Waals surface area contributed by atoms with Gasteiger partial charge in [0.25, 0.3) is 0 Å². The number of hydrogen-bond acceptors (Lipinski definition) is 6. The van der Waals surface area contributed by atoms with E-state index in [1.165, 1.54) is 141 Å². The molecule has 0 saturated heterocycles. The van der Waals surface area contributed by atoms with Crippen LogP contribution in [-0.2, 0) is 19.1 Å². The molecule has 0 spiro atoms. The first-order valence-corrected chi connectivity index (χ1v) is 22.8. The lowest BCUT2D eigenvalue weighted by molar-refractivity contribution is -0.150. The van der Waals surface area contributed by atoms with Gasteiger partial charge in [-0.05, 0) is 57.9 Å². The van der Waals surface area contributed by atoms with Gasteiger partial charge >= 0.3 is 11.9 Å². The van der Waals surface area contributed by atoms with E-state index in [0.717, 1.165) is 77.3 Å². The van der Waals surface area contributed by atoms with Crippen LogP contribution in [0.25, 0.3) is 0 Å². The van der Waals surface area contributed by atoms with Crippen molar-refractivity contribution in [2.45, 2.75) is 245 Å². The second-order valence-electron chi connectivity index (χ2n) is 15.5. The summed E-state index contributed by atoms with van der Waals surface area (Å²) >= 11 is 0. The van der Waals surface area contributed by atoms with Crippen LogP contribution >= 0.6 is 0 Å². The summed E-state index contributed by atoms with van der Waals surface area (Å²) in [7, 11) is 0. The average molecular weight is 724 g/mol. The molecule has 0 aliphatic heterocycles. The van der Waals surface area contributed by atoms with E-state index in [1.54, 1.807) is 0 Å². The predicted molar refractivity (Wildman–Crippen MR) is 218 cm³/mol. The maximum absolute atomic E-state index is 12.7. The Morgan fingerprint density at radius 2 is 0.863 bits per heavy atom. The Hall–Kier alpha value is -1.14. The Kier molecular flexibility index (Phi) is 40.7. The number of aliphatic hydroxyl groups excluding tert-OH is 1. The summed E-state index contributed by atoms with van der Waals surface area (Å²) < 4.78 is 11.5. The van der Waals surface area contributed by atoms with Crippen molar-refractivity contribution in [3.63, 3.8) is 0 Å². The van der Waals surface area contributed by atoms with Gasteiger partial charge in [0.15, 0.2) is 0 Å². The molecule has 0 amide bonds. The van der Waals surface area contributed by atoms with Gasteiger partial charge in [0.05, 0.1) is 13.0 Å². The number of nitrogens with zero attached hydrogens (tertiary/aromatic N) is 1. The van der Waals surface area contributed by atoms with Crippen molar-refractivity contribution in [2.75, 3.05) is 32.8 Å². The lowest BCUT2D eigenvalue weighted by Gasteiger charge is -2.21. The van der Waals surface area contributed by atoms with E-state index in [2.05, 4.69) is 25.7 Å². The molecule has 0 radical (unpaired) electrons. The van der Waals surface area contributed by atoms with Gasteiger partial charge in [-0.3, -0.25) is 9.59 Å². The molecule has 0 fully saturated rings. The van der Waals surface area contributed by atoms with Gasteiger partial charge in [-0.2, -0.15) is 0 Å². The number of carbonyl (C=O) groups excluding carboxylic acids is 2. The summed E-state index contributed by atoms with van der Waals surface area (Å²) in [5, 5.41) is 9.36. The summed E-state index contributed by atoms with van der Waals surface area (Å²) in [6.07, 6.45) is 40.1. The number of aliphatic hydroxyl groups is 1. The molecule has 6 nitrogen and oxygen atoms in total. The van der Waals surface area contributed by atoms with E-state index in [9.17, 15) is 14.7 Å². The van der Waals surface area contributed by atoms with Gasteiger partial charge in [-0.15, -0.1) is 0 Å². The van der Waals surface area contributed by atoms with Crippen LogP contribution in [0.1, 0.15) is 239 Å². The lowest BCUT2D eigenvalue weighted by Crippen LogP contribution is -2.29. The summed E-state index contributed by atoms with van der Waals surface area (Å²) in [5.74, 6) is -0.0991. The fraction of sp³-hybridized carbons (Fsp3) is 0.956. The largest absolute Gasteiger partial charge is 0.466 e. The minimum atomic E-state index is -0.0971. The van der Waals surface area contributed by atoms with Gasteiger partial charge in [0, 0.05) is 26.1 Å². The molecule has 51 heavy (non-hydrogen) atoms. The molecule has 1 N–H and O–H groups in total. The van der Waals surface area contributed by atoms with Gasteiger partial charge in [0.2, 0.25) is 0 Å². The summed E-state index contributed by atoms with van der Waals surface area (Å²) in [6, 6.07) is 0. The third kappa shape index (κ3) is 38.4. The zero-order chi connectivity index (χ0) is 37.3. The first kappa shape index (κ1) is 49.9.